The Hall–Kier alpha value is -0.970. The third-order valence-electron chi connectivity index (χ3n) is 3.61. The first-order valence-corrected chi connectivity index (χ1v) is 7.15. The maximum atomic E-state index is 11.9. The maximum Gasteiger partial charge on any atom is 0.260 e. The molecule has 1 saturated heterocycles. The number of hydrogen-bond donors (Lipinski definition) is 1. The van der Waals surface area contributed by atoms with E-state index in [1.165, 1.54) is 0 Å². The topological polar surface area (TPSA) is 49.8 Å². The lowest BCUT2D eigenvalue weighted by Crippen LogP contribution is -2.66. The van der Waals surface area contributed by atoms with Crippen molar-refractivity contribution in [2.45, 2.75) is 19.4 Å². The number of hydrogen-bond acceptors (Lipinski definition) is 3. The Labute approximate surface area is 128 Å². The summed E-state index contributed by atoms with van der Waals surface area (Å²) in [4.78, 5) is 13.5. The number of nitrogens with zero attached hydrogens (tertiary/aromatic N) is 1. The lowest BCUT2D eigenvalue weighted by molar-refractivity contribution is -0.165. The lowest BCUT2D eigenvalue weighted by atomic mass is 9.83. The summed E-state index contributed by atoms with van der Waals surface area (Å²) in [5.41, 5.74) is -0.765. The number of rotatable bonds is 4. The van der Waals surface area contributed by atoms with Gasteiger partial charge in [0.25, 0.3) is 5.91 Å². The fraction of sp³-hybridized carbons (Fsp3) is 0.500. The molecule has 110 valence electrons. The Balaban J connectivity index is 1.83. The molecule has 1 aliphatic rings. The van der Waals surface area contributed by atoms with E-state index < -0.39 is 5.60 Å². The van der Waals surface area contributed by atoms with Gasteiger partial charge in [0.05, 0.1) is 23.1 Å². The molecule has 0 bridgehead atoms. The number of carbonyl (C=O) groups excluding carboxylic acids is 1. The monoisotopic (exact) mass is 317 g/mol. The highest BCUT2D eigenvalue weighted by Gasteiger charge is 2.45. The highest BCUT2D eigenvalue weighted by atomic mass is 35.5. The SMILES string of the molecule is CC(C)C1(O)CN(C(=O)COc2ccc(Cl)c(Cl)c2)C1. The molecular formula is C14H17Cl2NO3. The fourth-order valence-electron chi connectivity index (χ4n) is 1.96. The summed E-state index contributed by atoms with van der Waals surface area (Å²) in [6.45, 7) is 4.51. The summed E-state index contributed by atoms with van der Waals surface area (Å²) in [6, 6.07) is 4.84. The second kappa shape index (κ2) is 5.80. The molecule has 1 aromatic rings. The van der Waals surface area contributed by atoms with Crippen molar-refractivity contribution in [3.05, 3.63) is 28.2 Å². The predicted molar refractivity (Wildman–Crippen MR) is 78.3 cm³/mol. The van der Waals surface area contributed by atoms with E-state index in [2.05, 4.69) is 0 Å². The molecule has 6 heteroatoms. The first-order chi connectivity index (χ1) is 9.32. The van der Waals surface area contributed by atoms with Crippen LogP contribution in [0.4, 0.5) is 0 Å². The highest BCUT2D eigenvalue weighted by Crippen LogP contribution is 2.29. The molecule has 0 spiro atoms. The smallest absolute Gasteiger partial charge is 0.260 e. The van der Waals surface area contributed by atoms with Gasteiger partial charge in [-0.2, -0.15) is 0 Å². The average molecular weight is 318 g/mol. The quantitative estimate of drug-likeness (QED) is 0.928. The second-order valence-electron chi connectivity index (χ2n) is 5.37. The van der Waals surface area contributed by atoms with Gasteiger partial charge in [0, 0.05) is 6.07 Å². The van der Waals surface area contributed by atoms with Crippen molar-refractivity contribution < 1.29 is 14.6 Å². The van der Waals surface area contributed by atoms with Crippen molar-refractivity contribution in [3.8, 4) is 5.75 Å². The number of ether oxygens (including phenoxy) is 1. The minimum absolute atomic E-state index is 0.0772. The Kier molecular flexibility index (Phi) is 4.47. The van der Waals surface area contributed by atoms with Crippen LogP contribution >= 0.6 is 23.2 Å². The van der Waals surface area contributed by atoms with Crippen LogP contribution in [0.25, 0.3) is 0 Å². The van der Waals surface area contributed by atoms with E-state index in [4.69, 9.17) is 27.9 Å². The Bertz CT molecular complexity index is 513. The third-order valence-corrected chi connectivity index (χ3v) is 4.35. The third kappa shape index (κ3) is 3.19. The van der Waals surface area contributed by atoms with Crippen LogP contribution in [0.5, 0.6) is 5.75 Å². The zero-order chi connectivity index (χ0) is 14.9. The van der Waals surface area contributed by atoms with Crippen LogP contribution in [-0.4, -0.2) is 41.2 Å². The molecule has 20 heavy (non-hydrogen) atoms. The van der Waals surface area contributed by atoms with Crippen molar-refractivity contribution in [1.29, 1.82) is 0 Å². The molecular weight excluding hydrogens is 301 g/mol. The van der Waals surface area contributed by atoms with Gasteiger partial charge in [0.15, 0.2) is 6.61 Å². The van der Waals surface area contributed by atoms with E-state index in [0.29, 0.717) is 28.9 Å². The number of likely N-dealkylation sites (tertiary alicyclic amines) is 1. The summed E-state index contributed by atoms with van der Waals surface area (Å²) < 4.78 is 5.37. The lowest BCUT2D eigenvalue weighted by Gasteiger charge is -2.48. The van der Waals surface area contributed by atoms with Crippen LogP contribution in [-0.2, 0) is 4.79 Å². The maximum absolute atomic E-state index is 11.9. The minimum atomic E-state index is -0.765. The van der Waals surface area contributed by atoms with Crippen LogP contribution in [0, 0.1) is 5.92 Å². The van der Waals surface area contributed by atoms with E-state index in [-0.39, 0.29) is 18.4 Å². The van der Waals surface area contributed by atoms with E-state index >= 15 is 0 Å². The Morgan fingerprint density at radius 1 is 1.40 bits per heavy atom. The van der Waals surface area contributed by atoms with Crippen molar-refractivity contribution in [1.82, 2.24) is 4.90 Å². The van der Waals surface area contributed by atoms with Gasteiger partial charge >= 0.3 is 0 Å². The first-order valence-electron chi connectivity index (χ1n) is 6.40. The highest BCUT2D eigenvalue weighted by molar-refractivity contribution is 6.42. The van der Waals surface area contributed by atoms with E-state index in [9.17, 15) is 9.90 Å². The molecule has 4 nitrogen and oxygen atoms in total. The van der Waals surface area contributed by atoms with Crippen molar-refractivity contribution in [2.24, 2.45) is 5.92 Å². The Morgan fingerprint density at radius 2 is 2.05 bits per heavy atom. The zero-order valence-corrected chi connectivity index (χ0v) is 12.9. The van der Waals surface area contributed by atoms with Crippen molar-refractivity contribution in [2.75, 3.05) is 19.7 Å². The normalized spacial score (nSPS) is 17.0. The molecule has 1 N–H and O–H groups in total. The summed E-state index contributed by atoms with van der Waals surface area (Å²) in [5.74, 6) is 0.469. The molecule has 1 amide bonds. The van der Waals surface area contributed by atoms with Crippen LogP contribution in [0.15, 0.2) is 18.2 Å². The molecule has 1 heterocycles. The van der Waals surface area contributed by atoms with Gasteiger partial charge in [-0.15, -0.1) is 0 Å². The Morgan fingerprint density at radius 3 is 2.60 bits per heavy atom. The number of benzene rings is 1. The van der Waals surface area contributed by atoms with E-state index in [0.717, 1.165) is 0 Å². The zero-order valence-electron chi connectivity index (χ0n) is 11.4. The van der Waals surface area contributed by atoms with Crippen LogP contribution in [0.3, 0.4) is 0 Å². The van der Waals surface area contributed by atoms with Crippen molar-refractivity contribution >= 4 is 29.1 Å². The van der Waals surface area contributed by atoms with Gasteiger partial charge in [-0.05, 0) is 18.1 Å². The molecule has 0 atom stereocenters. The predicted octanol–water partition coefficient (Wildman–Crippen LogP) is 2.60. The number of halogens is 2. The summed E-state index contributed by atoms with van der Waals surface area (Å²) in [6.07, 6.45) is 0. The van der Waals surface area contributed by atoms with Gasteiger partial charge in [-0.3, -0.25) is 4.79 Å². The average Bonchev–Trinajstić information content (AvgIpc) is 2.35. The standard InChI is InChI=1S/C14H17Cl2NO3/c1-9(2)14(19)7-17(8-14)13(18)6-20-10-3-4-11(15)12(16)5-10/h3-5,9,19H,6-8H2,1-2H3. The van der Waals surface area contributed by atoms with E-state index in [1.54, 1.807) is 23.1 Å². The van der Waals surface area contributed by atoms with Gasteiger partial charge in [0.2, 0.25) is 0 Å². The number of aliphatic hydroxyl groups is 1. The van der Waals surface area contributed by atoms with Gasteiger partial charge in [-0.1, -0.05) is 37.0 Å². The van der Waals surface area contributed by atoms with Gasteiger partial charge in [-0.25, -0.2) is 0 Å². The van der Waals surface area contributed by atoms with Crippen LogP contribution in [0.1, 0.15) is 13.8 Å². The molecule has 0 saturated carbocycles. The van der Waals surface area contributed by atoms with Crippen LogP contribution in [0.2, 0.25) is 10.0 Å². The number of β-amino-alcohol motifs (C(OH)–C–C–N with tert-alkyl or cyclic N) is 1. The summed E-state index contributed by atoms with van der Waals surface area (Å²) in [7, 11) is 0. The molecule has 1 aromatic carbocycles. The summed E-state index contributed by atoms with van der Waals surface area (Å²) in [5, 5.41) is 10.9. The van der Waals surface area contributed by atoms with Gasteiger partial charge < -0.3 is 14.7 Å². The molecule has 0 radical (unpaired) electrons. The summed E-state index contributed by atoms with van der Waals surface area (Å²) >= 11 is 11.7. The van der Waals surface area contributed by atoms with E-state index in [1.807, 2.05) is 13.8 Å². The second-order valence-corrected chi connectivity index (χ2v) is 6.19. The number of carbonyl (C=O) groups is 1. The van der Waals surface area contributed by atoms with Crippen molar-refractivity contribution in [3.63, 3.8) is 0 Å². The minimum Gasteiger partial charge on any atom is -0.484 e. The van der Waals surface area contributed by atoms with Crippen LogP contribution < -0.4 is 4.74 Å². The molecule has 0 unspecified atom stereocenters. The molecule has 1 aliphatic heterocycles. The molecule has 1 fully saturated rings. The number of amides is 1. The first kappa shape index (κ1) is 15.4. The molecule has 2 rings (SSSR count). The fourth-order valence-corrected chi connectivity index (χ4v) is 2.25. The molecule has 0 aromatic heterocycles. The van der Waals surface area contributed by atoms with Gasteiger partial charge in [0.1, 0.15) is 11.4 Å². The molecule has 0 aliphatic carbocycles. The largest absolute Gasteiger partial charge is 0.484 e.